The quantitative estimate of drug-likeness (QED) is 0.536. The van der Waals surface area contributed by atoms with Gasteiger partial charge < -0.3 is 20.1 Å². The van der Waals surface area contributed by atoms with Gasteiger partial charge in [0.1, 0.15) is 0 Å². The van der Waals surface area contributed by atoms with Crippen molar-refractivity contribution in [1.82, 2.24) is 0 Å². The van der Waals surface area contributed by atoms with Crippen LogP contribution in [0.5, 0.6) is 17.2 Å². The molecule has 0 radical (unpaired) electrons. The number of aromatic hydroxyl groups is 3. The van der Waals surface area contributed by atoms with Crippen LogP contribution in [0.15, 0.2) is 23.0 Å². The predicted octanol–water partition coefficient (Wildman–Crippen LogP) is 1.24. The van der Waals surface area contributed by atoms with E-state index in [4.69, 9.17) is 0 Å². The Labute approximate surface area is 111 Å². The highest BCUT2D eigenvalue weighted by Gasteiger charge is 2.17. The molecule has 2 aromatic carbocycles. The highest BCUT2D eigenvalue weighted by molar-refractivity contribution is 5.97. The van der Waals surface area contributed by atoms with Crippen molar-refractivity contribution in [2.75, 3.05) is 7.11 Å². The molecule has 6 nitrogen and oxygen atoms in total. The fourth-order valence-corrected chi connectivity index (χ4v) is 1.78. The van der Waals surface area contributed by atoms with E-state index in [-0.39, 0.29) is 10.9 Å². The number of fused-ring (bicyclic) bond motifs is 1. The standard InChI is InChI=1S/C13H9FO6/c1-20-13(19)6-2-5-3-7(14)10(16)12(18)9(5)11(17)8(15)4-6/h2-4,16,18H,1H3,(H,15,17). The van der Waals surface area contributed by atoms with Gasteiger partial charge in [-0.1, -0.05) is 0 Å². The zero-order chi connectivity index (χ0) is 15.0. The number of phenols is 2. The molecule has 0 aliphatic heterocycles. The second kappa shape index (κ2) is 4.69. The number of rotatable bonds is 1. The normalized spacial score (nSPS) is 10.5. The van der Waals surface area contributed by atoms with Gasteiger partial charge in [-0.3, -0.25) is 4.79 Å². The molecule has 0 amide bonds. The van der Waals surface area contributed by atoms with Gasteiger partial charge in [-0.25, -0.2) is 9.18 Å². The van der Waals surface area contributed by atoms with E-state index in [1.54, 1.807) is 0 Å². The minimum absolute atomic E-state index is 0.163. The van der Waals surface area contributed by atoms with Gasteiger partial charge in [0.25, 0.3) is 0 Å². The lowest BCUT2D eigenvalue weighted by molar-refractivity contribution is 0.0600. The van der Waals surface area contributed by atoms with Crippen LogP contribution in [0.3, 0.4) is 0 Å². The van der Waals surface area contributed by atoms with Gasteiger partial charge in [0, 0.05) is 0 Å². The lowest BCUT2D eigenvalue weighted by Gasteiger charge is -2.01. The van der Waals surface area contributed by atoms with Gasteiger partial charge in [0.15, 0.2) is 23.1 Å². The number of hydrogen-bond acceptors (Lipinski definition) is 6. The fourth-order valence-electron chi connectivity index (χ4n) is 1.78. The predicted molar refractivity (Wildman–Crippen MR) is 66.5 cm³/mol. The number of methoxy groups -OCH3 is 1. The van der Waals surface area contributed by atoms with Crippen molar-refractivity contribution in [3.05, 3.63) is 39.8 Å². The largest absolute Gasteiger partial charge is 0.504 e. The van der Waals surface area contributed by atoms with E-state index in [1.807, 2.05) is 0 Å². The minimum Gasteiger partial charge on any atom is -0.504 e. The molecule has 0 aromatic heterocycles. The molecule has 0 unspecified atom stereocenters. The smallest absolute Gasteiger partial charge is 0.338 e. The molecule has 2 aromatic rings. The van der Waals surface area contributed by atoms with Crippen molar-refractivity contribution in [3.8, 4) is 17.2 Å². The van der Waals surface area contributed by atoms with E-state index >= 15 is 0 Å². The number of hydrogen-bond donors (Lipinski definition) is 3. The van der Waals surface area contributed by atoms with Crippen LogP contribution < -0.4 is 5.43 Å². The summed E-state index contributed by atoms with van der Waals surface area (Å²) in [4.78, 5) is 23.3. The van der Waals surface area contributed by atoms with E-state index in [0.717, 1.165) is 25.3 Å². The summed E-state index contributed by atoms with van der Waals surface area (Å²) in [6.45, 7) is 0. The third-order valence-electron chi connectivity index (χ3n) is 2.74. The number of carbonyl (C=O) groups is 1. The van der Waals surface area contributed by atoms with Crippen molar-refractivity contribution in [2.24, 2.45) is 0 Å². The molecule has 3 N–H and O–H groups in total. The molecular weight excluding hydrogens is 271 g/mol. The van der Waals surface area contributed by atoms with Gasteiger partial charge in [0.05, 0.1) is 18.1 Å². The topological polar surface area (TPSA) is 104 Å². The highest BCUT2D eigenvalue weighted by Crippen LogP contribution is 2.35. The van der Waals surface area contributed by atoms with E-state index in [2.05, 4.69) is 4.74 Å². The van der Waals surface area contributed by atoms with Gasteiger partial charge >= 0.3 is 5.97 Å². The summed E-state index contributed by atoms with van der Waals surface area (Å²) >= 11 is 0. The van der Waals surface area contributed by atoms with Crippen LogP contribution in [-0.2, 0) is 4.74 Å². The van der Waals surface area contributed by atoms with Crippen LogP contribution in [0.25, 0.3) is 10.8 Å². The van der Waals surface area contributed by atoms with E-state index < -0.39 is 39.9 Å². The lowest BCUT2D eigenvalue weighted by atomic mass is 10.1. The number of benzene rings is 1. The van der Waals surface area contributed by atoms with Gasteiger partial charge in [0.2, 0.25) is 5.43 Å². The van der Waals surface area contributed by atoms with Crippen molar-refractivity contribution < 1.29 is 29.2 Å². The second-order valence-corrected chi connectivity index (χ2v) is 3.97. The number of halogens is 1. The zero-order valence-corrected chi connectivity index (χ0v) is 10.2. The third-order valence-corrected chi connectivity index (χ3v) is 2.74. The average molecular weight is 280 g/mol. The van der Waals surface area contributed by atoms with E-state index in [1.165, 1.54) is 0 Å². The number of ether oxygens (including phenoxy) is 1. The summed E-state index contributed by atoms with van der Waals surface area (Å²) < 4.78 is 17.8. The molecule has 20 heavy (non-hydrogen) atoms. The molecule has 0 bridgehead atoms. The van der Waals surface area contributed by atoms with Crippen LogP contribution in [0.1, 0.15) is 10.4 Å². The van der Waals surface area contributed by atoms with Crippen LogP contribution >= 0.6 is 0 Å². The molecular formula is C13H9FO6. The molecule has 0 saturated heterocycles. The molecule has 104 valence electrons. The number of esters is 1. The minimum atomic E-state index is -1.17. The van der Waals surface area contributed by atoms with Crippen LogP contribution in [-0.4, -0.2) is 28.4 Å². The summed E-state index contributed by atoms with van der Waals surface area (Å²) in [5.41, 5.74) is -1.26. The SMILES string of the molecule is COC(=O)c1cc(O)c(=O)c2c(O)c(O)c(F)cc2c1. The first-order valence-electron chi connectivity index (χ1n) is 5.36. The molecule has 0 atom stereocenters. The van der Waals surface area contributed by atoms with E-state index in [0.29, 0.717) is 0 Å². The summed E-state index contributed by atoms with van der Waals surface area (Å²) in [5, 5.41) is 27.8. The Morgan fingerprint density at radius 3 is 2.40 bits per heavy atom. The molecule has 0 aliphatic rings. The van der Waals surface area contributed by atoms with Crippen molar-refractivity contribution in [2.45, 2.75) is 0 Å². The van der Waals surface area contributed by atoms with Crippen molar-refractivity contribution in [1.29, 1.82) is 0 Å². The molecule has 7 heteroatoms. The summed E-state index contributed by atoms with van der Waals surface area (Å²) in [5.74, 6) is -4.99. The average Bonchev–Trinajstić information content (AvgIpc) is 2.53. The summed E-state index contributed by atoms with van der Waals surface area (Å²) in [7, 11) is 1.09. The van der Waals surface area contributed by atoms with Crippen LogP contribution in [0.2, 0.25) is 0 Å². The third kappa shape index (κ3) is 1.99. The molecule has 0 heterocycles. The zero-order valence-electron chi connectivity index (χ0n) is 10.2. The molecule has 0 spiro atoms. The Kier molecular flexibility index (Phi) is 3.19. The van der Waals surface area contributed by atoms with E-state index in [9.17, 15) is 29.3 Å². The molecule has 0 aliphatic carbocycles. The van der Waals surface area contributed by atoms with Crippen LogP contribution in [0.4, 0.5) is 4.39 Å². The second-order valence-electron chi connectivity index (χ2n) is 3.97. The maximum Gasteiger partial charge on any atom is 0.338 e. The Hall–Kier alpha value is -2.83. The van der Waals surface area contributed by atoms with Gasteiger partial charge in [-0.2, -0.15) is 0 Å². The Bertz CT molecular complexity index is 784. The van der Waals surface area contributed by atoms with Crippen molar-refractivity contribution in [3.63, 3.8) is 0 Å². The number of carbonyl (C=O) groups excluding carboxylic acids is 1. The first-order valence-corrected chi connectivity index (χ1v) is 5.36. The Morgan fingerprint density at radius 1 is 1.15 bits per heavy atom. The highest BCUT2D eigenvalue weighted by atomic mass is 19.1. The maximum atomic E-state index is 13.4. The first kappa shape index (κ1) is 13.6. The summed E-state index contributed by atoms with van der Waals surface area (Å²) in [6.07, 6.45) is 0. The van der Waals surface area contributed by atoms with Gasteiger partial charge in [-0.05, 0) is 23.6 Å². The fraction of sp³-hybridized carbons (Fsp3) is 0.0769. The van der Waals surface area contributed by atoms with Gasteiger partial charge in [-0.15, -0.1) is 0 Å². The monoisotopic (exact) mass is 280 g/mol. The molecule has 2 rings (SSSR count). The molecule has 0 saturated carbocycles. The lowest BCUT2D eigenvalue weighted by Crippen LogP contribution is -2.00. The van der Waals surface area contributed by atoms with Crippen LogP contribution in [0, 0.1) is 5.82 Å². The van der Waals surface area contributed by atoms with Crippen molar-refractivity contribution >= 4 is 16.7 Å². The maximum absolute atomic E-state index is 13.4. The summed E-state index contributed by atoms with van der Waals surface area (Å²) in [6, 6.07) is 2.66. The Balaban J connectivity index is 3.04. The number of phenolic OH excluding ortho intramolecular Hbond substituents is 2. The molecule has 0 fully saturated rings. The first-order chi connectivity index (χ1) is 9.36. The Morgan fingerprint density at radius 2 is 1.80 bits per heavy atom.